The summed E-state index contributed by atoms with van der Waals surface area (Å²) in [7, 11) is 0. The summed E-state index contributed by atoms with van der Waals surface area (Å²) in [4.78, 5) is 21.8. The normalized spacial score (nSPS) is 18.6. The van der Waals surface area contributed by atoms with Gasteiger partial charge in [0.05, 0.1) is 10.9 Å². The number of para-hydroxylation sites is 1. The second-order valence-corrected chi connectivity index (χ2v) is 16.5. The molecule has 1 aliphatic heterocycles. The predicted octanol–water partition coefficient (Wildman–Crippen LogP) is 12.8. The van der Waals surface area contributed by atoms with Gasteiger partial charge < -0.3 is 0 Å². The number of hydrogen-bond acceptors (Lipinski definition) is 5. The van der Waals surface area contributed by atoms with Gasteiger partial charge in [-0.3, -0.25) is 4.98 Å². The molecule has 3 atom stereocenters. The van der Waals surface area contributed by atoms with Crippen LogP contribution in [0.15, 0.2) is 199 Å². The first-order chi connectivity index (χ1) is 28.7. The molecule has 12 rings (SSSR count). The van der Waals surface area contributed by atoms with E-state index in [-0.39, 0.29) is 5.92 Å². The van der Waals surface area contributed by atoms with Gasteiger partial charge in [-0.2, -0.15) is 0 Å². The molecular weight excluding hydrogens is 725 g/mol. The Morgan fingerprint density at radius 3 is 1.98 bits per heavy atom. The lowest BCUT2D eigenvalue weighted by molar-refractivity contribution is 0.449. The Morgan fingerprint density at radius 2 is 1.10 bits per heavy atom. The first-order valence-corrected chi connectivity index (χ1v) is 20.7. The summed E-state index contributed by atoms with van der Waals surface area (Å²) in [5.74, 6) is 2.17. The van der Waals surface area contributed by atoms with Gasteiger partial charge in [0, 0.05) is 49.9 Å². The molecule has 3 heterocycles. The minimum absolute atomic E-state index is 0.216. The number of thioether (sulfide) groups is 1. The van der Waals surface area contributed by atoms with E-state index >= 15 is 0 Å². The van der Waals surface area contributed by atoms with E-state index in [1.807, 2.05) is 42.2 Å². The van der Waals surface area contributed by atoms with Gasteiger partial charge in [0.1, 0.15) is 0 Å². The number of allylic oxidation sites excluding steroid dienone is 3. The van der Waals surface area contributed by atoms with Gasteiger partial charge in [-0.05, 0) is 68.4 Å². The third kappa shape index (κ3) is 4.96. The molecule has 0 saturated carbocycles. The van der Waals surface area contributed by atoms with Crippen LogP contribution in [0.4, 0.5) is 0 Å². The molecule has 0 N–H and O–H groups in total. The zero-order valence-electron chi connectivity index (χ0n) is 31.3. The summed E-state index contributed by atoms with van der Waals surface area (Å²) in [5.41, 5.74) is 12.2. The highest BCUT2D eigenvalue weighted by Gasteiger charge is 2.55. The van der Waals surface area contributed by atoms with Crippen molar-refractivity contribution in [2.75, 3.05) is 0 Å². The van der Waals surface area contributed by atoms with Crippen LogP contribution in [0.1, 0.15) is 16.7 Å². The second-order valence-electron chi connectivity index (χ2n) is 15.3. The van der Waals surface area contributed by atoms with Crippen molar-refractivity contribution in [2.45, 2.75) is 15.6 Å². The summed E-state index contributed by atoms with van der Waals surface area (Å²) >= 11 is 1.98. The SMILES string of the molecule is C1=CC2Sc3ccccc3C3(c4ccc(-c5nc(-c6ccccc6)nc(-c6cccc7ccccc67)n5)cc4-c4cc(-c5cccc6cccnc56)ccc43)C2C=C1. The zero-order valence-corrected chi connectivity index (χ0v) is 32.1. The Kier molecular flexibility index (Phi) is 7.47. The van der Waals surface area contributed by atoms with Crippen LogP contribution < -0.4 is 0 Å². The van der Waals surface area contributed by atoms with Gasteiger partial charge in [-0.15, -0.1) is 11.8 Å². The summed E-state index contributed by atoms with van der Waals surface area (Å²) in [6.45, 7) is 0. The fourth-order valence-electron chi connectivity index (χ4n) is 9.73. The summed E-state index contributed by atoms with van der Waals surface area (Å²) in [6.07, 6.45) is 11.2. The Hall–Kier alpha value is -6.95. The number of fused-ring (bicyclic) bond motifs is 11. The Morgan fingerprint density at radius 1 is 0.448 bits per heavy atom. The van der Waals surface area contributed by atoms with Gasteiger partial charge >= 0.3 is 0 Å². The highest BCUT2D eigenvalue weighted by atomic mass is 32.2. The molecule has 2 aliphatic carbocycles. The van der Waals surface area contributed by atoms with Crippen LogP contribution in [0, 0.1) is 5.92 Å². The third-order valence-corrected chi connectivity index (χ3v) is 13.6. The number of nitrogens with zero attached hydrogens (tertiary/aromatic N) is 4. The molecule has 272 valence electrons. The van der Waals surface area contributed by atoms with Crippen molar-refractivity contribution in [1.82, 2.24) is 19.9 Å². The minimum atomic E-state index is -0.394. The smallest absolute Gasteiger partial charge is 0.164 e. The van der Waals surface area contributed by atoms with E-state index < -0.39 is 5.41 Å². The lowest BCUT2D eigenvalue weighted by Gasteiger charge is -2.47. The van der Waals surface area contributed by atoms with E-state index in [0.29, 0.717) is 22.7 Å². The molecular formula is C53H34N4S. The van der Waals surface area contributed by atoms with Crippen LogP contribution in [0.3, 0.4) is 0 Å². The average molecular weight is 759 g/mol. The molecule has 0 radical (unpaired) electrons. The van der Waals surface area contributed by atoms with Crippen molar-refractivity contribution >= 4 is 33.4 Å². The Labute approximate surface area is 340 Å². The van der Waals surface area contributed by atoms with Gasteiger partial charge in [0.15, 0.2) is 17.5 Å². The van der Waals surface area contributed by atoms with E-state index in [4.69, 9.17) is 19.9 Å². The summed E-state index contributed by atoms with van der Waals surface area (Å²) in [5, 5.41) is 3.68. The van der Waals surface area contributed by atoms with Gasteiger partial charge in [0.25, 0.3) is 0 Å². The van der Waals surface area contributed by atoms with Crippen molar-refractivity contribution in [1.29, 1.82) is 0 Å². The summed E-state index contributed by atoms with van der Waals surface area (Å²) in [6, 6.07) is 58.7. The van der Waals surface area contributed by atoms with Gasteiger partial charge in [-0.1, -0.05) is 164 Å². The minimum Gasteiger partial charge on any atom is -0.256 e. The van der Waals surface area contributed by atoms with Crippen molar-refractivity contribution in [2.24, 2.45) is 5.92 Å². The maximum atomic E-state index is 5.28. The topological polar surface area (TPSA) is 51.6 Å². The molecule has 0 fully saturated rings. The fraction of sp³-hybridized carbons (Fsp3) is 0.0566. The molecule has 0 bridgehead atoms. The number of hydrogen-bond donors (Lipinski definition) is 0. The van der Waals surface area contributed by atoms with Crippen LogP contribution >= 0.6 is 11.8 Å². The number of pyridine rings is 1. The molecule has 0 saturated heterocycles. The van der Waals surface area contributed by atoms with Crippen LogP contribution in [0.2, 0.25) is 0 Å². The zero-order chi connectivity index (χ0) is 38.2. The molecule has 5 heteroatoms. The van der Waals surface area contributed by atoms with Crippen LogP contribution in [-0.4, -0.2) is 25.2 Å². The highest BCUT2D eigenvalue weighted by molar-refractivity contribution is 8.00. The first-order valence-electron chi connectivity index (χ1n) is 19.8. The van der Waals surface area contributed by atoms with Crippen LogP contribution in [0.25, 0.3) is 78.1 Å². The molecule has 1 spiro atoms. The van der Waals surface area contributed by atoms with Crippen molar-refractivity contribution in [3.05, 3.63) is 211 Å². The lowest BCUT2D eigenvalue weighted by Crippen LogP contribution is -2.43. The standard InChI is InChI=1S/C53H34N4S/c1-2-14-35(15-3-1)50-55-51(57-52(56-50)40-21-10-16-33-13-4-5-19-38(33)40)37-27-29-44-42(32-37)41-31-36(39-20-11-17-34-18-12-30-54-49(34)39)26-28-43(41)53(44)45-22-6-8-24-47(45)58-48-25-9-7-23-46(48)53/h1-32,45,47H. The predicted molar refractivity (Wildman–Crippen MR) is 238 cm³/mol. The monoisotopic (exact) mass is 758 g/mol. The van der Waals surface area contributed by atoms with Crippen molar-refractivity contribution in [3.8, 4) is 56.4 Å². The quantitative estimate of drug-likeness (QED) is 0.179. The van der Waals surface area contributed by atoms with E-state index in [0.717, 1.165) is 49.5 Å². The summed E-state index contributed by atoms with van der Waals surface area (Å²) < 4.78 is 0. The molecule has 58 heavy (non-hydrogen) atoms. The van der Waals surface area contributed by atoms with Gasteiger partial charge in [0.2, 0.25) is 0 Å². The first kappa shape index (κ1) is 33.2. The average Bonchev–Trinajstić information content (AvgIpc) is 3.58. The second kappa shape index (κ2) is 13.1. The van der Waals surface area contributed by atoms with E-state index in [1.165, 1.54) is 32.7 Å². The van der Waals surface area contributed by atoms with E-state index in [9.17, 15) is 0 Å². The maximum Gasteiger partial charge on any atom is 0.164 e. The van der Waals surface area contributed by atoms with Crippen molar-refractivity contribution < 1.29 is 0 Å². The van der Waals surface area contributed by atoms with Gasteiger partial charge in [-0.25, -0.2) is 15.0 Å². The maximum absolute atomic E-state index is 5.28. The number of rotatable bonds is 4. The Bertz CT molecular complexity index is 3180. The lowest BCUT2D eigenvalue weighted by atomic mass is 9.62. The molecule has 3 unspecified atom stereocenters. The molecule has 4 nitrogen and oxygen atoms in total. The Balaban J connectivity index is 1.12. The number of benzene rings is 7. The highest BCUT2D eigenvalue weighted by Crippen LogP contribution is 2.64. The largest absolute Gasteiger partial charge is 0.256 e. The molecule has 7 aromatic carbocycles. The van der Waals surface area contributed by atoms with Crippen LogP contribution in [0.5, 0.6) is 0 Å². The third-order valence-electron chi connectivity index (χ3n) is 12.2. The van der Waals surface area contributed by atoms with Crippen LogP contribution in [-0.2, 0) is 5.41 Å². The molecule has 3 aliphatic rings. The fourth-order valence-corrected chi connectivity index (χ4v) is 11.2. The van der Waals surface area contributed by atoms with E-state index in [1.54, 1.807) is 0 Å². The molecule has 0 amide bonds. The molecule has 9 aromatic rings. The molecule has 2 aromatic heterocycles. The van der Waals surface area contributed by atoms with Crippen molar-refractivity contribution in [3.63, 3.8) is 0 Å². The van der Waals surface area contributed by atoms with E-state index in [2.05, 4.69) is 164 Å². The number of aromatic nitrogens is 4.